The number of rotatable bonds is 56. The molecule has 2 N–H and O–H groups in total. The van der Waals surface area contributed by atoms with E-state index in [4.69, 9.17) is 13.8 Å². The second-order valence-electron chi connectivity index (χ2n) is 22.2. The van der Waals surface area contributed by atoms with Gasteiger partial charge in [0.1, 0.15) is 19.3 Å². The second kappa shape index (κ2) is 54.1. The second-order valence-corrected chi connectivity index (χ2v) is 23.7. The Bertz CT molecular complexity index is 1450. The molecule has 0 fully saturated rings. The molecule has 0 aliphatic heterocycles. The summed E-state index contributed by atoms with van der Waals surface area (Å²) in [5.74, 6) is -0.579. The molecule has 3 atom stereocenters. The SMILES string of the molecule is CCCCC/C=C\C/C=C\CCCCCCCCCCCCCCCC(=O)OC(/C=C\CCCCCCCCCCCC)C(COP(=O)(O)OCC[N+](C)(C)C)NC(=O)CC/C=C/C/C=C\CCCCCCCC. The number of phosphoric ester groups is 1. The summed E-state index contributed by atoms with van der Waals surface area (Å²) in [6.45, 7) is 6.95. The van der Waals surface area contributed by atoms with Gasteiger partial charge in [0.15, 0.2) is 0 Å². The fourth-order valence-corrected chi connectivity index (χ4v) is 9.58. The number of ether oxygens (including phenoxy) is 1. The minimum atomic E-state index is -4.46. The highest BCUT2D eigenvalue weighted by atomic mass is 31.2. The molecule has 0 saturated heterocycles. The molecular formula is C64H120N2O7P+. The number of likely N-dealkylation sites (N-methyl/N-ethyl adjacent to an activating group) is 1. The predicted molar refractivity (Wildman–Crippen MR) is 318 cm³/mol. The molecule has 9 nitrogen and oxygen atoms in total. The molecule has 0 saturated carbocycles. The van der Waals surface area contributed by atoms with Crippen molar-refractivity contribution in [1.29, 1.82) is 0 Å². The Labute approximate surface area is 458 Å². The summed E-state index contributed by atoms with van der Waals surface area (Å²) < 4.78 is 30.6. The molecule has 0 aromatic rings. The Morgan fingerprint density at radius 3 is 1.27 bits per heavy atom. The Morgan fingerprint density at radius 1 is 0.473 bits per heavy atom. The molecule has 1 amide bonds. The summed E-state index contributed by atoms with van der Waals surface area (Å²) in [6.07, 6.45) is 68.1. The number of esters is 1. The van der Waals surface area contributed by atoms with E-state index in [9.17, 15) is 19.0 Å². The maximum absolute atomic E-state index is 13.5. The summed E-state index contributed by atoms with van der Waals surface area (Å²) in [4.78, 5) is 37.6. The summed E-state index contributed by atoms with van der Waals surface area (Å²) in [5.41, 5.74) is 0. The summed E-state index contributed by atoms with van der Waals surface area (Å²) in [5, 5.41) is 3.01. The van der Waals surface area contributed by atoms with Gasteiger partial charge in [0.25, 0.3) is 0 Å². The van der Waals surface area contributed by atoms with Gasteiger partial charge in [-0.25, -0.2) is 4.57 Å². The van der Waals surface area contributed by atoms with Gasteiger partial charge >= 0.3 is 13.8 Å². The highest BCUT2D eigenvalue weighted by Gasteiger charge is 2.30. The third kappa shape index (κ3) is 54.5. The van der Waals surface area contributed by atoms with E-state index in [0.717, 1.165) is 57.8 Å². The van der Waals surface area contributed by atoms with Crippen molar-refractivity contribution in [2.24, 2.45) is 0 Å². The third-order valence-electron chi connectivity index (χ3n) is 13.7. The Hall–Kier alpha value is -2.29. The lowest BCUT2D eigenvalue weighted by atomic mass is 10.0. The van der Waals surface area contributed by atoms with Crippen LogP contribution in [0.4, 0.5) is 0 Å². The van der Waals surface area contributed by atoms with Gasteiger partial charge in [0, 0.05) is 12.8 Å². The molecular weight excluding hydrogens is 940 g/mol. The summed E-state index contributed by atoms with van der Waals surface area (Å²) in [7, 11) is 1.47. The van der Waals surface area contributed by atoms with Gasteiger partial charge in [-0.05, 0) is 83.1 Å². The first-order valence-corrected chi connectivity index (χ1v) is 32.6. The average Bonchev–Trinajstić information content (AvgIpc) is 3.36. The molecule has 0 aromatic heterocycles. The molecule has 0 heterocycles. The van der Waals surface area contributed by atoms with Crippen LogP contribution in [0.15, 0.2) is 60.8 Å². The van der Waals surface area contributed by atoms with Crippen molar-refractivity contribution in [3.8, 4) is 0 Å². The Morgan fingerprint density at radius 2 is 0.838 bits per heavy atom. The molecule has 0 spiro atoms. The highest BCUT2D eigenvalue weighted by molar-refractivity contribution is 7.47. The number of carbonyl (C=O) groups is 2. The van der Waals surface area contributed by atoms with Crippen molar-refractivity contribution in [2.75, 3.05) is 40.9 Å². The summed E-state index contributed by atoms with van der Waals surface area (Å²) >= 11 is 0. The Balaban J connectivity index is 5.20. The number of nitrogens with zero attached hydrogens (tertiary/aromatic N) is 1. The lowest BCUT2D eigenvalue weighted by Gasteiger charge is -2.27. The predicted octanol–water partition coefficient (Wildman–Crippen LogP) is 19.1. The maximum Gasteiger partial charge on any atom is 0.472 e. The van der Waals surface area contributed by atoms with E-state index in [-0.39, 0.29) is 37.9 Å². The molecule has 10 heteroatoms. The van der Waals surface area contributed by atoms with E-state index in [1.165, 1.54) is 186 Å². The van der Waals surface area contributed by atoms with Crippen LogP contribution >= 0.6 is 7.82 Å². The van der Waals surface area contributed by atoms with Crippen LogP contribution in [0.25, 0.3) is 0 Å². The number of hydrogen-bond donors (Lipinski definition) is 2. The number of hydrogen-bond acceptors (Lipinski definition) is 6. The number of carbonyl (C=O) groups excluding carboxylic acids is 2. The number of quaternary nitrogens is 1. The van der Waals surface area contributed by atoms with Crippen LogP contribution in [0.1, 0.15) is 284 Å². The van der Waals surface area contributed by atoms with Crippen molar-refractivity contribution in [1.82, 2.24) is 5.32 Å². The van der Waals surface area contributed by atoms with E-state index in [1.807, 2.05) is 39.4 Å². The van der Waals surface area contributed by atoms with Crippen LogP contribution in [0.3, 0.4) is 0 Å². The Kier molecular flexibility index (Phi) is 52.4. The van der Waals surface area contributed by atoms with Crippen molar-refractivity contribution in [3.63, 3.8) is 0 Å². The van der Waals surface area contributed by atoms with E-state index in [0.29, 0.717) is 17.4 Å². The van der Waals surface area contributed by atoms with Crippen LogP contribution in [-0.4, -0.2) is 74.3 Å². The molecule has 0 radical (unpaired) electrons. The first-order valence-electron chi connectivity index (χ1n) is 31.1. The minimum Gasteiger partial charge on any atom is -0.456 e. The monoisotopic (exact) mass is 1060 g/mol. The smallest absolute Gasteiger partial charge is 0.456 e. The standard InChI is InChI=1S/C64H119N2O7P/c1-7-10-13-16-19-22-25-28-29-30-31-32-33-34-35-36-37-39-42-45-48-51-54-57-64(68)73-62(55-52-49-46-43-40-27-24-21-18-15-12-9-3)61(60-72-74(69,70)71-59-58-66(4,5)6)65-63(67)56-53-50-47-44-41-38-26-23-20-17-14-11-8-2/h19,22,28-29,38,41,47,50,52,55,61-62H,7-18,20-21,23-27,30-37,39-40,42-46,48-49,51,53-54,56-60H2,1-6H3,(H-,65,67,69,70)/p+1/b22-19-,29-28-,41-38-,50-47+,55-52-. The van der Waals surface area contributed by atoms with E-state index in [2.05, 4.69) is 68.6 Å². The third-order valence-corrected chi connectivity index (χ3v) is 14.7. The van der Waals surface area contributed by atoms with Gasteiger partial charge in [-0.15, -0.1) is 0 Å². The summed E-state index contributed by atoms with van der Waals surface area (Å²) in [6, 6.07) is -0.878. The number of allylic oxidation sites excluding steroid dienone is 9. The van der Waals surface area contributed by atoms with Crippen LogP contribution < -0.4 is 5.32 Å². The molecule has 0 bridgehead atoms. The topological polar surface area (TPSA) is 111 Å². The van der Waals surface area contributed by atoms with Gasteiger partial charge in [0.05, 0.1) is 33.8 Å². The van der Waals surface area contributed by atoms with Crippen molar-refractivity contribution >= 4 is 19.7 Å². The lowest BCUT2D eigenvalue weighted by molar-refractivity contribution is -0.870. The first kappa shape index (κ1) is 71.7. The van der Waals surface area contributed by atoms with Gasteiger partial charge in [-0.2, -0.15) is 0 Å². The van der Waals surface area contributed by atoms with Crippen molar-refractivity contribution in [3.05, 3.63) is 60.8 Å². The molecule has 3 unspecified atom stereocenters. The molecule has 0 rings (SSSR count). The van der Waals surface area contributed by atoms with Gasteiger partial charge < -0.3 is 19.4 Å². The van der Waals surface area contributed by atoms with Crippen LogP contribution in [0, 0.1) is 0 Å². The zero-order valence-corrected chi connectivity index (χ0v) is 50.2. The number of unbranched alkanes of at least 4 members (excludes halogenated alkanes) is 32. The molecule has 432 valence electrons. The molecule has 0 aliphatic carbocycles. The number of nitrogens with one attached hydrogen (secondary N) is 1. The van der Waals surface area contributed by atoms with Crippen LogP contribution in [0.5, 0.6) is 0 Å². The number of amides is 1. The molecule has 0 aromatic carbocycles. The first-order chi connectivity index (χ1) is 35.9. The number of phosphoric acid groups is 1. The zero-order valence-electron chi connectivity index (χ0n) is 49.3. The lowest BCUT2D eigenvalue weighted by Crippen LogP contribution is -2.47. The maximum atomic E-state index is 13.5. The van der Waals surface area contributed by atoms with Crippen molar-refractivity contribution < 1.29 is 37.3 Å². The molecule has 74 heavy (non-hydrogen) atoms. The minimum absolute atomic E-state index is 0.0306. The van der Waals surface area contributed by atoms with Gasteiger partial charge in [0.2, 0.25) is 5.91 Å². The van der Waals surface area contributed by atoms with Crippen LogP contribution in [-0.2, 0) is 27.9 Å². The zero-order chi connectivity index (χ0) is 54.3. The fourth-order valence-electron chi connectivity index (χ4n) is 8.84. The highest BCUT2D eigenvalue weighted by Crippen LogP contribution is 2.43. The quantitative estimate of drug-likeness (QED) is 0.0205. The van der Waals surface area contributed by atoms with Gasteiger partial charge in [-0.3, -0.25) is 18.6 Å². The molecule has 0 aliphatic rings. The largest absolute Gasteiger partial charge is 0.472 e. The van der Waals surface area contributed by atoms with Crippen LogP contribution in [0.2, 0.25) is 0 Å². The van der Waals surface area contributed by atoms with E-state index < -0.39 is 20.0 Å². The van der Waals surface area contributed by atoms with Gasteiger partial charge in [-0.1, -0.05) is 249 Å². The van der Waals surface area contributed by atoms with E-state index >= 15 is 0 Å². The normalized spacial score (nSPS) is 14.1. The average molecular weight is 1060 g/mol. The van der Waals surface area contributed by atoms with E-state index in [1.54, 1.807) is 0 Å². The fraction of sp³-hybridized carbons (Fsp3) is 0.812. The van der Waals surface area contributed by atoms with Crippen molar-refractivity contribution in [2.45, 2.75) is 296 Å².